The second-order valence-electron chi connectivity index (χ2n) is 0.453. The Balaban J connectivity index is -0.0000000575. The van der Waals surface area contributed by atoms with Gasteiger partial charge in [0.1, 0.15) is 6.29 Å². The normalized spacial score (nSPS) is 9.38. The van der Waals surface area contributed by atoms with E-state index >= 15 is 0 Å². The summed E-state index contributed by atoms with van der Waals surface area (Å²) in [5.41, 5.74) is 0. The van der Waals surface area contributed by atoms with Gasteiger partial charge in [-0.25, -0.2) is 4.21 Å². The summed E-state index contributed by atoms with van der Waals surface area (Å²) in [5.74, 6) is 0. The molecular weight excluding hydrogens is 127 g/mol. The van der Waals surface area contributed by atoms with Gasteiger partial charge < -0.3 is 13.9 Å². The molecule has 0 aliphatic heterocycles. The summed E-state index contributed by atoms with van der Waals surface area (Å²) in [6.07, 6.45) is 0.750. The molecule has 0 aliphatic carbocycles. The molecule has 0 bridgehead atoms. The summed E-state index contributed by atoms with van der Waals surface area (Å²) in [4.78, 5) is 8.81. The van der Waals surface area contributed by atoms with Gasteiger partial charge in [-0.15, -0.1) is 0 Å². The van der Waals surface area contributed by atoms with Crippen molar-refractivity contribution >= 4 is 17.6 Å². The molecule has 0 aromatic heterocycles. The third kappa shape index (κ3) is 1590. The van der Waals surface area contributed by atoms with E-state index in [0.717, 1.165) is 6.29 Å². The Morgan fingerprint density at radius 1 is 1.75 bits per heavy atom. The quantitative estimate of drug-likeness (QED) is 0.211. The van der Waals surface area contributed by atoms with Crippen LogP contribution in [-0.4, -0.2) is 19.6 Å². The van der Waals surface area contributed by atoms with Gasteiger partial charge in [0.15, 0.2) is 0 Å². The van der Waals surface area contributed by atoms with Crippen molar-refractivity contribution in [2.45, 2.75) is 6.92 Å². The van der Waals surface area contributed by atoms with Crippen molar-refractivity contribution in [3.05, 3.63) is 0 Å². The number of hydrogen-bond acceptors (Lipinski definition) is 3. The average molecular weight is 132 g/mol. The second kappa shape index (κ2) is 15.7. The number of aldehydes is 1. The summed E-state index contributed by atoms with van der Waals surface area (Å²) in [6, 6.07) is 0. The number of rotatable bonds is 0. The Kier molecular flexibility index (Phi) is 30.9. The predicted octanol–water partition coefficient (Wildman–Crippen LogP) is -3.45. The van der Waals surface area contributed by atoms with Gasteiger partial charge in [0, 0.05) is 0 Å². The number of carbonyl (C=O) groups excluding carboxylic acids is 1. The third-order valence-electron chi connectivity index (χ3n) is 0. The molecule has 1 N–H and O–H groups in total. The summed E-state index contributed by atoms with van der Waals surface area (Å²) in [7, 11) is 0. The molecule has 0 amide bonds. The minimum Gasteiger partial charge on any atom is -0.750 e. The molecule has 0 rings (SSSR count). The molecule has 0 aromatic carbocycles. The molecule has 8 heavy (non-hydrogen) atoms. The van der Waals surface area contributed by atoms with Gasteiger partial charge in [-0.2, -0.15) is 0 Å². The molecule has 0 radical (unpaired) electrons. The van der Waals surface area contributed by atoms with Crippen molar-refractivity contribution in [2.75, 3.05) is 0 Å². The molecule has 0 aliphatic rings. The van der Waals surface area contributed by atoms with Crippen molar-refractivity contribution in [2.24, 2.45) is 0 Å². The molecular formula is C2H5LiO4S. The molecule has 4 nitrogen and oxygen atoms in total. The zero-order valence-corrected chi connectivity index (χ0v) is 5.47. The summed E-state index contributed by atoms with van der Waals surface area (Å²) >= 11 is -2.86. The molecule has 44 valence electrons. The molecule has 6 heteroatoms. The number of carbonyl (C=O) groups is 1. The Bertz CT molecular complexity index is 61.1. The van der Waals surface area contributed by atoms with E-state index in [1.807, 2.05) is 0 Å². The standard InChI is InChI=1S/C2H4O.Li.H2O3S/c1-2-3;;1-4(2)3/h2H,1H3;;(H2,1,2,3)/q;+1;/p-1. The smallest absolute Gasteiger partial charge is 0.750 e. The Labute approximate surface area is 61.9 Å². The van der Waals surface area contributed by atoms with Crippen LogP contribution in [0.25, 0.3) is 0 Å². The second-order valence-corrected chi connectivity index (χ2v) is 0.887. The van der Waals surface area contributed by atoms with Crippen LogP contribution in [0.3, 0.4) is 0 Å². The maximum Gasteiger partial charge on any atom is 1.00 e. The van der Waals surface area contributed by atoms with Gasteiger partial charge in [-0.1, -0.05) is 0 Å². The maximum atomic E-state index is 8.81. The van der Waals surface area contributed by atoms with Crippen LogP contribution in [0.4, 0.5) is 0 Å². The monoisotopic (exact) mass is 132 g/mol. The molecule has 1 atom stereocenters. The van der Waals surface area contributed by atoms with Crippen LogP contribution in [0.2, 0.25) is 0 Å². The zero-order valence-electron chi connectivity index (χ0n) is 4.66. The fourth-order valence-corrected chi connectivity index (χ4v) is 0. The van der Waals surface area contributed by atoms with Gasteiger partial charge in [0.25, 0.3) is 0 Å². The Hall–Kier alpha value is 0.337. The van der Waals surface area contributed by atoms with Gasteiger partial charge in [-0.3, -0.25) is 0 Å². The predicted molar refractivity (Wildman–Crippen MR) is 23.3 cm³/mol. The van der Waals surface area contributed by atoms with Gasteiger partial charge in [0.2, 0.25) is 0 Å². The van der Waals surface area contributed by atoms with Crippen LogP contribution in [0.15, 0.2) is 0 Å². The van der Waals surface area contributed by atoms with E-state index in [0.29, 0.717) is 0 Å². The minimum absolute atomic E-state index is 0. The molecule has 0 saturated carbocycles. The first-order chi connectivity index (χ1) is 3.15. The molecule has 0 heterocycles. The van der Waals surface area contributed by atoms with Gasteiger partial charge in [-0.05, 0) is 6.92 Å². The van der Waals surface area contributed by atoms with Crippen LogP contribution in [0, 0.1) is 0 Å². The van der Waals surface area contributed by atoms with E-state index in [9.17, 15) is 0 Å². The van der Waals surface area contributed by atoms with Crippen LogP contribution < -0.4 is 18.9 Å². The Morgan fingerprint density at radius 2 is 1.75 bits per heavy atom. The zero-order chi connectivity index (χ0) is 6.28. The number of hydrogen-bond donors (Lipinski definition) is 1. The van der Waals surface area contributed by atoms with Gasteiger partial charge >= 0.3 is 18.9 Å². The molecule has 0 aromatic rings. The third-order valence-corrected chi connectivity index (χ3v) is 0. The molecule has 0 fully saturated rings. The van der Waals surface area contributed by atoms with E-state index < -0.39 is 11.4 Å². The van der Waals surface area contributed by atoms with Crippen LogP contribution in [-0.2, 0) is 16.2 Å². The van der Waals surface area contributed by atoms with Crippen LogP contribution in [0.1, 0.15) is 6.92 Å². The maximum absolute atomic E-state index is 8.81. The topological polar surface area (TPSA) is 77.4 Å². The van der Waals surface area contributed by atoms with E-state index in [-0.39, 0.29) is 18.9 Å². The summed E-state index contributed by atoms with van der Waals surface area (Å²) in [6.45, 7) is 1.44. The first-order valence-corrected chi connectivity index (χ1v) is 2.36. The van der Waals surface area contributed by atoms with Crippen LogP contribution >= 0.6 is 0 Å². The fraction of sp³-hybridized carbons (Fsp3) is 0.500. The van der Waals surface area contributed by atoms with Crippen molar-refractivity contribution < 1.29 is 37.0 Å². The molecule has 1 unspecified atom stereocenters. The minimum atomic E-state index is -2.86. The van der Waals surface area contributed by atoms with E-state index in [4.69, 9.17) is 18.1 Å². The molecule has 0 spiro atoms. The summed E-state index contributed by atoms with van der Waals surface area (Å²) in [5, 5.41) is 0. The van der Waals surface area contributed by atoms with Crippen LogP contribution in [0.5, 0.6) is 0 Å². The van der Waals surface area contributed by atoms with Crippen molar-refractivity contribution in [1.29, 1.82) is 0 Å². The average Bonchev–Trinajstić information content (AvgIpc) is 1.33. The Morgan fingerprint density at radius 3 is 1.75 bits per heavy atom. The first kappa shape index (κ1) is 15.8. The van der Waals surface area contributed by atoms with Crippen molar-refractivity contribution in [3.8, 4) is 0 Å². The van der Waals surface area contributed by atoms with E-state index in [1.54, 1.807) is 0 Å². The fourth-order valence-electron chi connectivity index (χ4n) is 0. The SMILES string of the molecule is CC=O.O=S([O-])O.[Li+]. The van der Waals surface area contributed by atoms with E-state index in [2.05, 4.69) is 0 Å². The molecule has 0 saturated heterocycles. The van der Waals surface area contributed by atoms with Gasteiger partial charge in [0.05, 0.1) is 11.4 Å². The first-order valence-electron chi connectivity index (χ1n) is 1.33. The van der Waals surface area contributed by atoms with Crippen molar-refractivity contribution in [3.63, 3.8) is 0 Å². The van der Waals surface area contributed by atoms with Crippen molar-refractivity contribution in [1.82, 2.24) is 0 Å². The summed E-state index contributed by atoms with van der Waals surface area (Å²) < 4.78 is 24.1. The van der Waals surface area contributed by atoms with E-state index in [1.165, 1.54) is 6.92 Å². The largest absolute Gasteiger partial charge is 1.00 e.